The minimum atomic E-state index is -0.287. The Bertz CT molecular complexity index is 784. The van der Waals surface area contributed by atoms with Gasteiger partial charge in [-0.2, -0.15) is 10.4 Å². The molecule has 1 N–H and O–H groups in total. The van der Waals surface area contributed by atoms with Gasteiger partial charge in [0.25, 0.3) is 0 Å². The third-order valence-electron chi connectivity index (χ3n) is 2.96. The highest BCUT2D eigenvalue weighted by Crippen LogP contribution is 2.30. The number of aromatic amines is 1. The van der Waals surface area contributed by atoms with Crippen LogP contribution in [-0.2, 0) is 0 Å². The summed E-state index contributed by atoms with van der Waals surface area (Å²) in [6, 6.07) is 11.7. The largest absolute Gasteiger partial charge is 0.277 e. The third-order valence-corrected chi connectivity index (χ3v) is 2.96. The van der Waals surface area contributed by atoms with E-state index in [0.717, 1.165) is 22.4 Å². The Kier molecular flexibility index (Phi) is 2.98. The van der Waals surface area contributed by atoms with Crippen LogP contribution in [0, 0.1) is 17.1 Å². The second-order valence-corrected chi connectivity index (χ2v) is 4.21. The van der Waals surface area contributed by atoms with Crippen LogP contribution in [0.25, 0.3) is 22.4 Å². The van der Waals surface area contributed by atoms with Gasteiger partial charge in [-0.1, -0.05) is 0 Å². The maximum absolute atomic E-state index is 13.0. The predicted octanol–water partition coefficient (Wildman–Crippen LogP) is 3.15. The van der Waals surface area contributed by atoms with Gasteiger partial charge in [0.2, 0.25) is 0 Å². The van der Waals surface area contributed by atoms with Crippen molar-refractivity contribution in [3.63, 3.8) is 0 Å². The number of rotatable bonds is 2. The van der Waals surface area contributed by atoms with Gasteiger partial charge in [0, 0.05) is 17.3 Å². The molecule has 0 atom stereocenters. The molecule has 2 aromatic heterocycles. The van der Waals surface area contributed by atoms with Crippen LogP contribution in [0.15, 0.2) is 48.8 Å². The molecule has 0 saturated carbocycles. The van der Waals surface area contributed by atoms with Crippen LogP contribution in [-0.4, -0.2) is 15.2 Å². The van der Waals surface area contributed by atoms with Gasteiger partial charge in [0.1, 0.15) is 17.6 Å². The summed E-state index contributed by atoms with van der Waals surface area (Å²) >= 11 is 0. The first-order valence-electron chi connectivity index (χ1n) is 5.94. The van der Waals surface area contributed by atoms with Crippen LogP contribution >= 0.6 is 0 Å². The zero-order chi connectivity index (χ0) is 13.9. The molecule has 0 bridgehead atoms. The van der Waals surface area contributed by atoms with Crippen molar-refractivity contribution < 1.29 is 4.39 Å². The van der Waals surface area contributed by atoms with Gasteiger partial charge < -0.3 is 0 Å². The summed E-state index contributed by atoms with van der Waals surface area (Å²) in [7, 11) is 0. The lowest BCUT2D eigenvalue weighted by molar-refractivity contribution is 0.628. The van der Waals surface area contributed by atoms with E-state index in [9.17, 15) is 4.39 Å². The van der Waals surface area contributed by atoms with Crippen molar-refractivity contribution >= 4 is 0 Å². The molecule has 0 radical (unpaired) electrons. The number of hydrogen-bond acceptors (Lipinski definition) is 3. The molecule has 0 aliphatic carbocycles. The molecular formula is C15H9FN4. The highest BCUT2D eigenvalue weighted by Gasteiger charge is 2.10. The van der Waals surface area contributed by atoms with Crippen molar-refractivity contribution in [1.29, 1.82) is 5.26 Å². The van der Waals surface area contributed by atoms with Crippen molar-refractivity contribution in [3.05, 3.63) is 60.3 Å². The SMILES string of the molecule is N#Cc1cc(-c2cn[nH]c2-c2ccc(F)cc2)ccn1. The second kappa shape index (κ2) is 4.94. The summed E-state index contributed by atoms with van der Waals surface area (Å²) in [4.78, 5) is 3.94. The number of halogens is 1. The number of nitrogens with one attached hydrogen (secondary N) is 1. The number of nitrogens with zero attached hydrogens (tertiary/aromatic N) is 3. The maximum Gasteiger partial charge on any atom is 0.141 e. The lowest BCUT2D eigenvalue weighted by Gasteiger charge is -2.03. The minimum Gasteiger partial charge on any atom is -0.277 e. The first kappa shape index (κ1) is 12.1. The lowest BCUT2D eigenvalue weighted by atomic mass is 10.0. The molecule has 0 fully saturated rings. The summed E-state index contributed by atoms with van der Waals surface area (Å²) in [6.07, 6.45) is 3.25. The van der Waals surface area contributed by atoms with Crippen molar-refractivity contribution in [1.82, 2.24) is 15.2 Å². The molecule has 5 heteroatoms. The molecule has 0 saturated heterocycles. The van der Waals surface area contributed by atoms with Gasteiger partial charge in [-0.25, -0.2) is 9.37 Å². The highest BCUT2D eigenvalue weighted by atomic mass is 19.1. The topological polar surface area (TPSA) is 65.4 Å². The Hall–Kier alpha value is -3.00. The van der Waals surface area contributed by atoms with E-state index < -0.39 is 0 Å². The summed E-state index contributed by atoms with van der Waals surface area (Å²) in [5.41, 5.74) is 3.63. The summed E-state index contributed by atoms with van der Waals surface area (Å²) in [6.45, 7) is 0. The zero-order valence-corrected chi connectivity index (χ0v) is 10.3. The molecule has 0 aliphatic heterocycles. The standard InChI is InChI=1S/C15H9FN4/c16-12-3-1-10(2-4-12)15-14(9-19-20-15)11-5-6-18-13(7-11)8-17/h1-7,9H,(H,19,20). The molecule has 3 aromatic rings. The van der Waals surface area contributed by atoms with Crippen molar-refractivity contribution in [2.24, 2.45) is 0 Å². The first-order chi connectivity index (χ1) is 9.78. The summed E-state index contributed by atoms with van der Waals surface area (Å²) < 4.78 is 13.0. The van der Waals surface area contributed by atoms with Crippen LogP contribution in [0.5, 0.6) is 0 Å². The number of H-pyrrole nitrogens is 1. The van der Waals surface area contributed by atoms with Gasteiger partial charge in [0.05, 0.1) is 11.9 Å². The monoisotopic (exact) mass is 264 g/mol. The number of benzene rings is 1. The Balaban J connectivity index is 2.10. The number of pyridine rings is 1. The smallest absolute Gasteiger partial charge is 0.141 e. The predicted molar refractivity (Wildman–Crippen MR) is 71.9 cm³/mol. The van der Waals surface area contributed by atoms with E-state index in [2.05, 4.69) is 15.2 Å². The van der Waals surface area contributed by atoms with E-state index in [1.807, 2.05) is 6.07 Å². The summed E-state index contributed by atoms with van der Waals surface area (Å²) in [5, 5.41) is 15.8. The van der Waals surface area contributed by atoms with Gasteiger partial charge in [-0.15, -0.1) is 0 Å². The average Bonchev–Trinajstić information content (AvgIpc) is 2.97. The van der Waals surface area contributed by atoms with E-state index in [4.69, 9.17) is 5.26 Å². The van der Waals surface area contributed by atoms with Gasteiger partial charge in [0.15, 0.2) is 0 Å². The molecule has 0 aliphatic rings. The third kappa shape index (κ3) is 2.15. The van der Waals surface area contributed by atoms with Crippen LogP contribution < -0.4 is 0 Å². The van der Waals surface area contributed by atoms with Crippen molar-refractivity contribution in [2.45, 2.75) is 0 Å². The van der Waals surface area contributed by atoms with E-state index in [1.165, 1.54) is 12.1 Å². The minimum absolute atomic E-state index is 0.287. The van der Waals surface area contributed by atoms with Crippen LogP contribution in [0.2, 0.25) is 0 Å². The molecule has 20 heavy (non-hydrogen) atoms. The summed E-state index contributed by atoms with van der Waals surface area (Å²) in [5.74, 6) is -0.287. The van der Waals surface area contributed by atoms with Crippen molar-refractivity contribution in [2.75, 3.05) is 0 Å². The number of nitriles is 1. The Morgan fingerprint density at radius 2 is 1.90 bits per heavy atom. The van der Waals surface area contributed by atoms with E-state index in [1.54, 1.807) is 36.7 Å². The Morgan fingerprint density at radius 1 is 1.10 bits per heavy atom. The fourth-order valence-corrected chi connectivity index (χ4v) is 2.00. The molecule has 96 valence electrons. The Morgan fingerprint density at radius 3 is 2.65 bits per heavy atom. The van der Waals surface area contributed by atoms with E-state index in [0.29, 0.717) is 5.69 Å². The average molecular weight is 264 g/mol. The molecule has 0 spiro atoms. The number of aromatic nitrogens is 3. The first-order valence-corrected chi connectivity index (χ1v) is 5.94. The van der Waals surface area contributed by atoms with Crippen molar-refractivity contribution in [3.8, 4) is 28.5 Å². The second-order valence-electron chi connectivity index (χ2n) is 4.21. The van der Waals surface area contributed by atoms with E-state index >= 15 is 0 Å². The van der Waals surface area contributed by atoms with Crippen LogP contribution in [0.1, 0.15) is 5.69 Å². The normalized spacial score (nSPS) is 10.2. The lowest BCUT2D eigenvalue weighted by Crippen LogP contribution is -1.86. The van der Waals surface area contributed by atoms with Gasteiger partial charge >= 0.3 is 0 Å². The molecule has 4 nitrogen and oxygen atoms in total. The molecular weight excluding hydrogens is 255 g/mol. The molecule has 0 amide bonds. The van der Waals surface area contributed by atoms with Gasteiger partial charge in [-0.3, -0.25) is 5.10 Å². The molecule has 1 aromatic carbocycles. The fourth-order valence-electron chi connectivity index (χ4n) is 2.00. The van der Waals surface area contributed by atoms with Crippen LogP contribution in [0.4, 0.5) is 4.39 Å². The fraction of sp³-hybridized carbons (Fsp3) is 0. The zero-order valence-electron chi connectivity index (χ0n) is 10.3. The highest BCUT2D eigenvalue weighted by molar-refractivity contribution is 5.80. The van der Waals surface area contributed by atoms with Gasteiger partial charge in [-0.05, 0) is 42.0 Å². The molecule has 2 heterocycles. The quantitative estimate of drug-likeness (QED) is 0.773. The van der Waals surface area contributed by atoms with E-state index in [-0.39, 0.29) is 5.82 Å². The molecule has 0 unspecified atom stereocenters. The Labute approximate surface area is 114 Å². The molecule has 3 rings (SSSR count). The number of hydrogen-bond donors (Lipinski definition) is 1. The van der Waals surface area contributed by atoms with Crippen LogP contribution in [0.3, 0.4) is 0 Å². The maximum atomic E-state index is 13.0.